The molecule has 1 aliphatic heterocycles. The molecule has 0 unspecified atom stereocenters. The van der Waals surface area contributed by atoms with Crippen molar-refractivity contribution in [1.82, 2.24) is 4.90 Å². The molecule has 0 bridgehead atoms. The summed E-state index contributed by atoms with van der Waals surface area (Å²) in [6.07, 6.45) is 1.59. The van der Waals surface area contributed by atoms with Gasteiger partial charge in [-0.05, 0) is 12.1 Å². The van der Waals surface area contributed by atoms with Crippen molar-refractivity contribution in [3.05, 3.63) is 48.0 Å². The first-order chi connectivity index (χ1) is 9.61. The van der Waals surface area contributed by atoms with Crippen molar-refractivity contribution in [3.63, 3.8) is 0 Å². The van der Waals surface area contributed by atoms with Gasteiger partial charge < -0.3 is 4.74 Å². The highest BCUT2D eigenvalue weighted by Crippen LogP contribution is 2.47. The van der Waals surface area contributed by atoms with Crippen LogP contribution in [0, 0.1) is 11.8 Å². The fraction of sp³-hybridized carbons (Fsp3) is 0.267. The second-order valence-corrected chi connectivity index (χ2v) is 4.88. The van der Waals surface area contributed by atoms with Crippen molar-refractivity contribution in [2.24, 2.45) is 11.8 Å². The van der Waals surface area contributed by atoms with E-state index in [1.54, 1.807) is 30.3 Å². The van der Waals surface area contributed by atoms with Crippen molar-refractivity contribution >= 4 is 17.8 Å². The van der Waals surface area contributed by atoms with Gasteiger partial charge in [-0.1, -0.05) is 18.2 Å². The van der Waals surface area contributed by atoms with Crippen molar-refractivity contribution in [1.29, 1.82) is 0 Å². The first kappa shape index (κ1) is 12.6. The highest BCUT2D eigenvalue weighted by molar-refractivity contribution is 6.22. The molecule has 0 aromatic heterocycles. The number of esters is 1. The lowest BCUT2D eigenvalue weighted by Crippen LogP contribution is -2.34. The Morgan fingerprint density at radius 3 is 2.25 bits per heavy atom. The molecule has 1 aromatic carbocycles. The number of carbonyl (C=O) groups is 3. The zero-order valence-corrected chi connectivity index (χ0v) is 10.9. The van der Waals surface area contributed by atoms with Gasteiger partial charge in [-0.2, -0.15) is 0 Å². The van der Waals surface area contributed by atoms with Crippen LogP contribution >= 0.6 is 0 Å². The van der Waals surface area contributed by atoms with Crippen LogP contribution in [0.5, 0.6) is 0 Å². The lowest BCUT2D eigenvalue weighted by atomic mass is 10.1. The van der Waals surface area contributed by atoms with E-state index in [1.165, 1.54) is 12.0 Å². The summed E-state index contributed by atoms with van der Waals surface area (Å²) in [5.41, 5.74) is 0.770. The minimum Gasteiger partial charge on any atom is -0.469 e. The summed E-state index contributed by atoms with van der Waals surface area (Å²) in [6.45, 7) is 3.65. The topological polar surface area (TPSA) is 63.7 Å². The van der Waals surface area contributed by atoms with Gasteiger partial charge in [0.05, 0.1) is 30.2 Å². The number of methoxy groups -OCH3 is 1. The number of nitrogens with zero attached hydrogens (tertiary/aromatic N) is 1. The average Bonchev–Trinajstić information content (AvgIpc) is 3.14. The Morgan fingerprint density at radius 2 is 1.80 bits per heavy atom. The Morgan fingerprint density at radius 1 is 1.25 bits per heavy atom. The highest BCUT2D eigenvalue weighted by atomic mass is 16.5. The summed E-state index contributed by atoms with van der Waals surface area (Å²) >= 11 is 0. The van der Waals surface area contributed by atoms with Gasteiger partial charge in [0, 0.05) is 5.92 Å². The van der Waals surface area contributed by atoms with Gasteiger partial charge in [0.15, 0.2) is 0 Å². The van der Waals surface area contributed by atoms with Crippen molar-refractivity contribution < 1.29 is 19.1 Å². The van der Waals surface area contributed by atoms with Crippen LogP contribution in [-0.2, 0) is 9.53 Å². The maximum atomic E-state index is 12.3. The van der Waals surface area contributed by atoms with Crippen LogP contribution in [0.2, 0.25) is 0 Å². The maximum absolute atomic E-state index is 12.3. The molecule has 1 aromatic rings. The molecule has 3 rings (SSSR count). The molecule has 1 aliphatic carbocycles. The Balaban J connectivity index is 1.94. The molecule has 1 heterocycles. The summed E-state index contributed by atoms with van der Waals surface area (Å²) in [4.78, 5) is 37.5. The smallest absolute Gasteiger partial charge is 0.311 e. The molecule has 0 radical (unpaired) electrons. The molecule has 20 heavy (non-hydrogen) atoms. The molecule has 5 heteroatoms. The Labute approximate surface area is 115 Å². The van der Waals surface area contributed by atoms with E-state index < -0.39 is 17.9 Å². The molecule has 0 N–H and O–H groups in total. The van der Waals surface area contributed by atoms with E-state index in [9.17, 15) is 14.4 Å². The van der Waals surface area contributed by atoms with Crippen LogP contribution in [0.25, 0.3) is 0 Å². The quantitative estimate of drug-likeness (QED) is 0.471. The Hall–Kier alpha value is -2.43. The lowest BCUT2D eigenvalue weighted by Gasteiger charge is -2.13. The number of rotatable bonds is 3. The van der Waals surface area contributed by atoms with E-state index in [2.05, 4.69) is 6.58 Å². The largest absolute Gasteiger partial charge is 0.469 e. The molecule has 0 saturated heterocycles. The van der Waals surface area contributed by atoms with Gasteiger partial charge in [0.1, 0.15) is 0 Å². The van der Waals surface area contributed by atoms with Gasteiger partial charge in [-0.15, -0.1) is 6.58 Å². The number of benzene rings is 1. The molecule has 2 aliphatic rings. The number of carbonyl (C=O) groups excluding carboxylic acids is 3. The molecular formula is C15H13NO4. The molecular weight excluding hydrogens is 258 g/mol. The van der Waals surface area contributed by atoms with Crippen LogP contribution in [-0.4, -0.2) is 35.8 Å². The van der Waals surface area contributed by atoms with Crippen LogP contribution in [0.4, 0.5) is 0 Å². The van der Waals surface area contributed by atoms with Crippen LogP contribution in [0.1, 0.15) is 20.7 Å². The van der Waals surface area contributed by atoms with E-state index in [1.807, 2.05) is 0 Å². The minimum absolute atomic E-state index is 0.232. The predicted octanol–water partition coefficient (Wildman–Crippen LogP) is 1.26. The molecule has 3 atom stereocenters. The Bertz CT molecular complexity index is 602. The fourth-order valence-corrected chi connectivity index (χ4v) is 2.85. The number of hydrogen-bond acceptors (Lipinski definition) is 4. The van der Waals surface area contributed by atoms with E-state index in [-0.39, 0.29) is 17.7 Å². The van der Waals surface area contributed by atoms with E-state index in [0.717, 1.165) is 0 Å². The first-order valence-electron chi connectivity index (χ1n) is 6.29. The molecule has 1 saturated carbocycles. The van der Waals surface area contributed by atoms with Gasteiger partial charge in [-0.3, -0.25) is 19.3 Å². The zero-order chi connectivity index (χ0) is 14.4. The normalized spacial score (nSPS) is 27.2. The monoisotopic (exact) mass is 271 g/mol. The van der Waals surface area contributed by atoms with Crippen molar-refractivity contribution in [3.8, 4) is 0 Å². The fourth-order valence-electron chi connectivity index (χ4n) is 2.85. The van der Waals surface area contributed by atoms with Crippen molar-refractivity contribution in [2.75, 3.05) is 7.11 Å². The van der Waals surface area contributed by atoms with Crippen LogP contribution in [0.3, 0.4) is 0 Å². The number of hydrogen-bond donors (Lipinski definition) is 0. The maximum Gasteiger partial charge on any atom is 0.311 e. The van der Waals surface area contributed by atoms with Crippen molar-refractivity contribution in [2.45, 2.75) is 6.04 Å². The van der Waals surface area contributed by atoms with E-state index in [4.69, 9.17) is 4.74 Å². The Kier molecular flexibility index (Phi) is 2.71. The third-order valence-electron chi connectivity index (χ3n) is 3.91. The minimum atomic E-state index is -0.500. The highest BCUT2D eigenvalue weighted by Gasteiger charge is 2.61. The van der Waals surface area contributed by atoms with Crippen LogP contribution in [0.15, 0.2) is 36.9 Å². The number of imide groups is 1. The summed E-state index contributed by atoms with van der Waals surface area (Å²) in [6, 6.07) is 6.18. The van der Waals surface area contributed by atoms with E-state index in [0.29, 0.717) is 11.1 Å². The standard InChI is InChI=1S/C15H13NO4/c1-3-8-11(15(19)20-2)12(8)16-13(17)9-6-4-5-7-10(9)14(16)18/h3-8,11-12H,1H2,2H3/t8-,11+,12+/m1/s1. The van der Waals surface area contributed by atoms with Gasteiger partial charge in [0.25, 0.3) is 11.8 Å². The van der Waals surface area contributed by atoms with Gasteiger partial charge >= 0.3 is 5.97 Å². The summed E-state index contributed by atoms with van der Waals surface area (Å²) in [5, 5.41) is 0. The summed E-state index contributed by atoms with van der Waals surface area (Å²) in [7, 11) is 1.29. The SMILES string of the molecule is C=C[C@@H]1[C@H](C(=O)OC)[C@H]1N1C(=O)c2ccccc2C1=O. The molecule has 2 amide bonds. The third kappa shape index (κ3) is 1.52. The number of fused-ring (bicyclic) bond motifs is 1. The lowest BCUT2D eigenvalue weighted by molar-refractivity contribution is -0.142. The second kappa shape index (κ2) is 4.30. The van der Waals surface area contributed by atoms with E-state index >= 15 is 0 Å². The number of amides is 2. The molecule has 102 valence electrons. The first-order valence-corrected chi connectivity index (χ1v) is 6.29. The summed E-state index contributed by atoms with van der Waals surface area (Å²) in [5.74, 6) is -1.86. The molecule has 1 fully saturated rings. The second-order valence-electron chi connectivity index (χ2n) is 4.88. The average molecular weight is 271 g/mol. The predicted molar refractivity (Wildman–Crippen MR) is 69.9 cm³/mol. The zero-order valence-electron chi connectivity index (χ0n) is 10.9. The van der Waals surface area contributed by atoms with Gasteiger partial charge in [-0.25, -0.2) is 0 Å². The van der Waals surface area contributed by atoms with Crippen LogP contribution < -0.4 is 0 Å². The third-order valence-corrected chi connectivity index (χ3v) is 3.91. The number of ether oxygens (including phenoxy) is 1. The van der Waals surface area contributed by atoms with Gasteiger partial charge in [0.2, 0.25) is 0 Å². The molecule has 0 spiro atoms. The summed E-state index contributed by atoms with van der Waals surface area (Å²) < 4.78 is 4.71. The molecule has 5 nitrogen and oxygen atoms in total.